The quantitative estimate of drug-likeness (QED) is 0.813. The second-order valence-electron chi connectivity index (χ2n) is 3.73. The molecule has 1 amide bonds. The van der Waals surface area contributed by atoms with Crippen LogP contribution in [0.4, 0.5) is 0 Å². The van der Waals surface area contributed by atoms with Crippen molar-refractivity contribution in [2.45, 2.75) is 13.0 Å². The van der Waals surface area contributed by atoms with Crippen molar-refractivity contribution in [3.05, 3.63) is 43.9 Å². The Morgan fingerprint density at radius 3 is 3.00 bits per heavy atom. The number of aromatic hydroxyl groups is 1. The first-order chi connectivity index (χ1) is 8.58. The summed E-state index contributed by atoms with van der Waals surface area (Å²) in [5.41, 5.74) is 0.283. The van der Waals surface area contributed by atoms with Crippen molar-refractivity contribution in [1.82, 2.24) is 10.3 Å². The molecule has 1 unspecified atom stereocenters. The lowest BCUT2D eigenvalue weighted by atomic mass is 10.2. The summed E-state index contributed by atoms with van der Waals surface area (Å²) in [7, 11) is 0. The van der Waals surface area contributed by atoms with E-state index in [2.05, 4.69) is 32.9 Å². The minimum atomic E-state index is -0.297. The summed E-state index contributed by atoms with van der Waals surface area (Å²) in [6, 6.07) is 4.75. The number of hydrogen-bond acceptors (Lipinski definition) is 4. The third-order valence-corrected chi connectivity index (χ3v) is 4.00. The number of halogens is 1. The minimum absolute atomic E-state index is 0.0146. The fourth-order valence-corrected chi connectivity index (χ4v) is 2.61. The summed E-state index contributed by atoms with van der Waals surface area (Å²) >= 11 is 3.58. The summed E-state index contributed by atoms with van der Waals surface area (Å²) in [4.78, 5) is 16.2. The van der Waals surface area contributed by atoms with Crippen LogP contribution in [0.2, 0.25) is 0 Å². The van der Waals surface area contributed by atoms with Crippen molar-refractivity contribution in [2.24, 2.45) is 0 Å². The van der Waals surface area contributed by atoms with E-state index in [4.69, 9.17) is 0 Å². The van der Waals surface area contributed by atoms with Gasteiger partial charge in [0.05, 0.1) is 11.6 Å². The molecule has 1 aromatic heterocycles. The lowest BCUT2D eigenvalue weighted by molar-refractivity contribution is 0.0937. The summed E-state index contributed by atoms with van der Waals surface area (Å²) < 4.78 is 0.900. The number of rotatable bonds is 3. The lowest BCUT2D eigenvalue weighted by Gasteiger charge is -2.12. The number of carbonyl (C=O) groups is 1. The zero-order chi connectivity index (χ0) is 13.1. The molecule has 1 heterocycles. The van der Waals surface area contributed by atoms with Crippen molar-refractivity contribution in [1.29, 1.82) is 0 Å². The number of benzene rings is 1. The standard InChI is InChI=1S/C12H11IN2O2S/c1-7(12-14-4-5-18-12)15-11(17)9-6-8(13)2-3-10(9)16/h2-7,16H,1H3,(H,15,17). The van der Waals surface area contributed by atoms with Crippen LogP contribution in [0.25, 0.3) is 0 Å². The molecule has 0 fully saturated rings. The number of phenolic OH excluding ortho intramolecular Hbond substituents is 1. The molecule has 2 rings (SSSR count). The predicted molar refractivity (Wildman–Crippen MR) is 78.8 cm³/mol. The molecule has 0 aliphatic heterocycles. The molecular weight excluding hydrogens is 363 g/mol. The number of carbonyl (C=O) groups excluding carboxylic acids is 1. The number of amides is 1. The van der Waals surface area contributed by atoms with E-state index in [-0.39, 0.29) is 23.3 Å². The molecule has 94 valence electrons. The van der Waals surface area contributed by atoms with Crippen molar-refractivity contribution < 1.29 is 9.90 Å². The summed E-state index contributed by atoms with van der Waals surface area (Å²) in [5, 5.41) is 15.2. The fourth-order valence-electron chi connectivity index (χ4n) is 1.47. The predicted octanol–water partition coefficient (Wildman–Crippen LogP) is 2.94. The van der Waals surface area contributed by atoms with Gasteiger partial charge in [0, 0.05) is 15.1 Å². The Morgan fingerprint density at radius 2 is 2.33 bits per heavy atom. The number of thiazole rings is 1. The third-order valence-electron chi connectivity index (χ3n) is 2.37. The Morgan fingerprint density at radius 1 is 1.56 bits per heavy atom. The smallest absolute Gasteiger partial charge is 0.255 e. The molecule has 1 atom stereocenters. The van der Waals surface area contributed by atoms with Gasteiger partial charge in [0.25, 0.3) is 5.91 Å². The molecule has 0 saturated heterocycles. The molecule has 0 bridgehead atoms. The normalized spacial score (nSPS) is 12.1. The molecule has 4 nitrogen and oxygen atoms in total. The first-order valence-corrected chi connectivity index (χ1v) is 7.22. The van der Waals surface area contributed by atoms with E-state index < -0.39 is 0 Å². The second-order valence-corrected chi connectivity index (χ2v) is 5.90. The zero-order valence-corrected chi connectivity index (χ0v) is 12.5. The highest BCUT2D eigenvalue weighted by Gasteiger charge is 2.16. The Hall–Kier alpha value is -1.15. The number of nitrogens with zero attached hydrogens (tertiary/aromatic N) is 1. The van der Waals surface area contributed by atoms with Crippen molar-refractivity contribution in [3.63, 3.8) is 0 Å². The molecule has 6 heteroatoms. The first kappa shape index (κ1) is 13.3. The highest BCUT2D eigenvalue weighted by molar-refractivity contribution is 14.1. The largest absolute Gasteiger partial charge is 0.507 e. The topological polar surface area (TPSA) is 62.2 Å². The fraction of sp³-hybridized carbons (Fsp3) is 0.167. The van der Waals surface area contributed by atoms with Gasteiger partial charge in [0.2, 0.25) is 0 Å². The molecule has 0 aliphatic carbocycles. The first-order valence-electron chi connectivity index (χ1n) is 5.26. The maximum atomic E-state index is 12.0. The Kier molecular flexibility index (Phi) is 4.18. The molecule has 2 aromatic rings. The lowest BCUT2D eigenvalue weighted by Crippen LogP contribution is -2.26. The van der Waals surface area contributed by atoms with Crippen molar-refractivity contribution >= 4 is 39.8 Å². The highest BCUT2D eigenvalue weighted by Crippen LogP contribution is 2.21. The molecule has 0 saturated carbocycles. The number of hydrogen-bond donors (Lipinski definition) is 2. The molecular formula is C12H11IN2O2S. The van der Waals surface area contributed by atoms with E-state index in [0.29, 0.717) is 0 Å². The monoisotopic (exact) mass is 374 g/mol. The van der Waals surface area contributed by atoms with Gasteiger partial charge in [-0.1, -0.05) is 0 Å². The highest BCUT2D eigenvalue weighted by atomic mass is 127. The molecule has 0 radical (unpaired) electrons. The molecule has 0 aliphatic rings. The van der Waals surface area contributed by atoms with Gasteiger partial charge in [-0.15, -0.1) is 11.3 Å². The Bertz CT molecular complexity index is 557. The maximum Gasteiger partial charge on any atom is 0.255 e. The van der Waals surface area contributed by atoms with Crippen molar-refractivity contribution in [2.75, 3.05) is 0 Å². The van der Waals surface area contributed by atoms with Crippen molar-refractivity contribution in [3.8, 4) is 5.75 Å². The average molecular weight is 374 g/mol. The van der Waals surface area contributed by atoms with Gasteiger partial charge in [-0.05, 0) is 47.7 Å². The molecule has 0 spiro atoms. The maximum absolute atomic E-state index is 12.0. The van der Waals surface area contributed by atoms with Gasteiger partial charge in [-0.2, -0.15) is 0 Å². The Balaban J connectivity index is 2.15. The van der Waals surface area contributed by atoms with E-state index in [9.17, 15) is 9.90 Å². The van der Waals surface area contributed by atoms with E-state index in [0.717, 1.165) is 8.58 Å². The van der Waals surface area contributed by atoms with Gasteiger partial charge in [-0.3, -0.25) is 4.79 Å². The number of aromatic nitrogens is 1. The summed E-state index contributed by atoms with van der Waals surface area (Å²) in [5.74, 6) is -0.312. The van der Waals surface area contributed by atoms with Crippen LogP contribution in [0.1, 0.15) is 28.3 Å². The van der Waals surface area contributed by atoms with Crippen LogP contribution in [-0.2, 0) is 0 Å². The van der Waals surface area contributed by atoms with E-state index >= 15 is 0 Å². The van der Waals surface area contributed by atoms with Crippen LogP contribution < -0.4 is 5.32 Å². The summed E-state index contributed by atoms with van der Waals surface area (Å²) in [6.45, 7) is 1.86. The van der Waals surface area contributed by atoms with Crippen LogP contribution in [-0.4, -0.2) is 16.0 Å². The summed E-state index contributed by atoms with van der Waals surface area (Å²) in [6.07, 6.45) is 1.70. The molecule has 1 aromatic carbocycles. The van der Waals surface area contributed by atoms with E-state index in [1.165, 1.54) is 17.4 Å². The SMILES string of the molecule is CC(NC(=O)c1cc(I)ccc1O)c1nccs1. The van der Waals surface area contributed by atoms with Gasteiger partial charge >= 0.3 is 0 Å². The second kappa shape index (κ2) is 5.66. The molecule has 18 heavy (non-hydrogen) atoms. The average Bonchev–Trinajstić information content (AvgIpc) is 2.85. The number of nitrogens with one attached hydrogen (secondary N) is 1. The van der Waals surface area contributed by atoms with E-state index in [1.807, 2.05) is 12.3 Å². The number of phenols is 1. The van der Waals surface area contributed by atoms with Gasteiger partial charge < -0.3 is 10.4 Å². The molecule has 2 N–H and O–H groups in total. The Labute approximate surface area is 122 Å². The van der Waals surface area contributed by atoms with Gasteiger partial charge in [-0.25, -0.2) is 4.98 Å². The van der Waals surface area contributed by atoms with Crippen LogP contribution >= 0.6 is 33.9 Å². The van der Waals surface area contributed by atoms with Gasteiger partial charge in [0.15, 0.2) is 0 Å². The van der Waals surface area contributed by atoms with Crippen LogP contribution in [0, 0.1) is 3.57 Å². The van der Waals surface area contributed by atoms with E-state index in [1.54, 1.807) is 18.3 Å². The zero-order valence-electron chi connectivity index (χ0n) is 9.55. The van der Waals surface area contributed by atoms with Crippen LogP contribution in [0.5, 0.6) is 5.75 Å². The third kappa shape index (κ3) is 2.99. The van der Waals surface area contributed by atoms with Crippen LogP contribution in [0.3, 0.4) is 0 Å². The minimum Gasteiger partial charge on any atom is -0.507 e. The van der Waals surface area contributed by atoms with Crippen LogP contribution in [0.15, 0.2) is 29.8 Å². The van der Waals surface area contributed by atoms with Gasteiger partial charge in [0.1, 0.15) is 10.8 Å².